The van der Waals surface area contributed by atoms with E-state index in [2.05, 4.69) is 4.90 Å². The van der Waals surface area contributed by atoms with Gasteiger partial charge in [-0.25, -0.2) is 0 Å². The lowest BCUT2D eigenvalue weighted by atomic mass is 10.2. The molecule has 3 rings (SSSR count). The third-order valence-electron chi connectivity index (χ3n) is 4.62. The van der Waals surface area contributed by atoms with Crippen molar-refractivity contribution in [2.45, 2.75) is 31.7 Å². The lowest BCUT2D eigenvalue weighted by molar-refractivity contribution is -0.127. The van der Waals surface area contributed by atoms with Gasteiger partial charge in [0.05, 0.1) is 0 Å². The second-order valence-electron chi connectivity index (χ2n) is 6.22. The SMILES string of the molecule is O=C(C=Cc1ccc(Cl)cc1)N1CCC[C@H]1CN1CCCC1. The van der Waals surface area contributed by atoms with E-state index in [1.807, 2.05) is 35.2 Å². The Morgan fingerprint density at radius 2 is 1.86 bits per heavy atom. The van der Waals surface area contributed by atoms with Gasteiger partial charge in [0.1, 0.15) is 0 Å². The van der Waals surface area contributed by atoms with E-state index in [0.29, 0.717) is 11.1 Å². The molecule has 2 fully saturated rings. The summed E-state index contributed by atoms with van der Waals surface area (Å²) in [6.07, 6.45) is 8.44. The first kappa shape index (κ1) is 15.6. The van der Waals surface area contributed by atoms with Gasteiger partial charge < -0.3 is 9.80 Å². The first-order valence-corrected chi connectivity index (χ1v) is 8.57. The summed E-state index contributed by atoms with van der Waals surface area (Å²) in [7, 11) is 0. The summed E-state index contributed by atoms with van der Waals surface area (Å²) in [5.74, 6) is 0.136. The second kappa shape index (κ2) is 7.30. The Bertz CT molecular complexity index is 535. The summed E-state index contributed by atoms with van der Waals surface area (Å²) in [5.41, 5.74) is 1.01. The van der Waals surface area contributed by atoms with Gasteiger partial charge in [0.2, 0.25) is 5.91 Å². The minimum absolute atomic E-state index is 0.136. The van der Waals surface area contributed by atoms with Crippen LogP contribution in [0.1, 0.15) is 31.2 Å². The van der Waals surface area contributed by atoms with Crippen LogP contribution in [-0.2, 0) is 4.79 Å². The molecule has 0 spiro atoms. The second-order valence-corrected chi connectivity index (χ2v) is 6.66. The lowest BCUT2D eigenvalue weighted by Gasteiger charge is -2.27. The van der Waals surface area contributed by atoms with Crippen LogP contribution in [0, 0.1) is 0 Å². The van der Waals surface area contributed by atoms with Crippen LogP contribution in [0.15, 0.2) is 30.3 Å². The molecular weight excluding hydrogens is 296 g/mol. The van der Waals surface area contributed by atoms with E-state index in [1.165, 1.54) is 25.9 Å². The highest BCUT2D eigenvalue weighted by Gasteiger charge is 2.29. The molecule has 1 atom stereocenters. The van der Waals surface area contributed by atoms with Crippen molar-refractivity contribution in [2.75, 3.05) is 26.2 Å². The maximum atomic E-state index is 12.5. The number of hydrogen-bond donors (Lipinski definition) is 0. The topological polar surface area (TPSA) is 23.6 Å². The number of amides is 1. The van der Waals surface area contributed by atoms with E-state index in [9.17, 15) is 4.79 Å². The summed E-state index contributed by atoms with van der Waals surface area (Å²) in [6, 6.07) is 7.94. The van der Waals surface area contributed by atoms with Crippen molar-refractivity contribution in [1.29, 1.82) is 0 Å². The van der Waals surface area contributed by atoms with Crippen molar-refractivity contribution in [3.05, 3.63) is 40.9 Å². The van der Waals surface area contributed by atoms with Crippen LogP contribution in [0.5, 0.6) is 0 Å². The first-order valence-electron chi connectivity index (χ1n) is 8.19. The molecule has 0 unspecified atom stereocenters. The van der Waals surface area contributed by atoms with Gasteiger partial charge in [0, 0.05) is 30.2 Å². The van der Waals surface area contributed by atoms with E-state index >= 15 is 0 Å². The van der Waals surface area contributed by atoms with Crippen LogP contribution < -0.4 is 0 Å². The zero-order valence-electron chi connectivity index (χ0n) is 12.9. The molecule has 1 aromatic carbocycles. The highest BCUT2D eigenvalue weighted by atomic mass is 35.5. The Morgan fingerprint density at radius 3 is 2.59 bits per heavy atom. The van der Waals surface area contributed by atoms with Crippen LogP contribution in [0.2, 0.25) is 5.02 Å². The quantitative estimate of drug-likeness (QED) is 0.794. The zero-order chi connectivity index (χ0) is 15.4. The standard InChI is InChI=1S/C18H23ClN2O/c19-16-8-5-15(6-9-16)7-10-18(22)21-13-3-4-17(21)14-20-11-1-2-12-20/h5-10,17H,1-4,11-14H2/t17-/m0/s1. The van der Waals surface area contributed by atoms with Crippen molar-refractivity contribution in [3.63, 3.8) is 0 Å². The minimum Gasteiger partial charge on any atom is -0.335 e. The number of carbonyl (C=O) groups excluding carboxylic acids is 1. The summed E-state index contributed by atoms with van der Waals surface area (Å²) in [4.78, 5) is 17.0. The Kier molecular flexibility index (Phi) is 5.16. The fourth-order valence-corrected chi connectivity index (χ4v) is 3.54. The first-order chi connectivity index (χ1) is 10.7. The Hall–Kier alpha value is -1.32. The number of halogens is 1. The van der Waals surface area contributed by atoms with Crippen LogP contribution in [-0.4, -0.2) is 47.9 Å². The number of nitrogens with zero attached hydrogens (tertiary/aromatic N) is 2. The number of carbonyl (C=O) groups is 1. The number of likely N-dealkylation sites (tertiary alicyclic amines) is 2. The molecule has 1 aromatic rings. The highest BCUT2D eigenvalue weighted by molar-refractivity contribution is 6.30. The number of benzene rings is 1. The molecule has 2 aliphatic rings. The Morgan fingerprint density at radius 1 is 1.14 bits per heavy atom. The number of rotatable bonds is 4. The molecule has 22 heavy (non-hydrogen) atoms. The number of hydrogen-bond acceptors (Lipinski definition) is 2. The largest absolute Gasteiger partial charge is 0.335 e. The van der Waals surface area contributed by atoms with Gasteiger partial charge in [-0.3, -0.25) is 4.79 Å². The molecule has 2 heterocycles. The molecule has 0 saturated carbocycles. The predicted octanol–water partition coefficient (Wildman–Crippen LogP) is 3.44. The van der Waals surface area contributed by atoms with E-state index < -0.39 is 0 Å². The van der Waals surface area contributed by atoms with Crippen molar-refractivity contribution < 1.29 is 4.79 Å². The smallest absolute Gasteiger partial charge is 0.246 e. The average Bonchev–Trinajstić information content (AvgIpc) is 3.19. The molecule has 1 amide bonds. The van der Waals surface area contributed by atoms with Crippen molar-refractivity contribution >= 4 is 23.6 Å². The normalized spacial score (nSPS) is 22.8. The fourth-order valence-electron chi connectivity index (χ4n) is 3.42. The Labute approximate surface area is 137 Å². The average molecular weight is 319 g/mol. The molecule has 0 aromatic heterocycles. The maximum Gasteiger partial charge on any atom is 0.246 e. The molecule has 3 nitrogen and oxygen atoms in total. The third-order valence-corrected chi connectivity index (χ3v) is 4.87. The van der Waals surface area contributed by atoms with Gasteiger partial charge in [0.15, 0.2) is 0 Å². The zero-order valence-corrected chi connectivity index (χ0v) is 13.6. The van der Waals surface area contributed by atoms with E-state index in [4.69, 9.17) is 11.6 Å². The summed E-state index contributed by atoms with van der Waals surface area (Å²) < 4.78 is 0. The minimum atomic E-state index is 0.136. The molecule has 118 valence electrons. The molecule has 2 saturated heterocycles. The highest BCUT2D eigenvalue weighted by Crippen LogP contribution is 2.21. The van der Waals surface area contributed by atoms with Gasteiger partial charge >= 0.3 is 0 Å². The van der Waals surface area contributed by atoms with Gasteiger partial charge in [-0.15, -0.1) is 0 Å². The molecular formula is C18H23ClN2O. The summed E-state index contributed by atoms with van der Waals surface area (Å²) in [6.45, 7) is 4.32. The molecule has 0 radical (unpaired) electrons. The maximum absolute atomic E-state index is 12.5. The predicted molar refractivity (Wildman–Crippen MR) is 90.9 cm³/mol. The van der Waals surface area contributed by atoms with E-state index in [-0.39, 0.29) is 5.91 Å². The molecule has 2 aliphatic heterocycles. The lowest BCUT2D eigenvalue weighted by Crippen LogP contribution is -2.41. The Balaban J connectivity index is 1.59. The molecule has 4 heteroatoms. The van der Waals surface area contributed by atoms with E-state index in [1.54, 1.807) is 6.08 Å². The third kappa shape index (κ3) is 3.90. The van der Waals surface area contributed by atoms with Crippen molar-refractivity contribution in [2.24, 2.45) is 0 Å². The van der Waals surface area contributed by atoms with Crippen LogP contribution in [0.25, 0.3) is 6.08 Å². The van der Waals surface area contributed by atoms with E-state index in [0.717, 1.165) is 31.5 Å². The van der Waals surface area contributed by atoms with Gasteiger partial charge in [0.25, 0.3) is 0 Å². The van der Waals surface area contributed by atoms with Crippen LogP contribution >= 0.6 is 11.6 Å². The monoisotopic (exact) mass is 318 g/mol. The van der Waals surface area contributed by atoms with Crippen LogP contribution in [0.4, 0.5) is 0 Å². The summed E-state index contributed by atoms with van der Waals surface area (Å²) in [5, 5.41) is 0.716. The van der Waals surface area contributed by atoms with Crippen LogP contribution in [0.3, 0.4) is 0 Å². The van der Waals surface area contributed by atoms with Crippen molar-refractivity contribution in [1.82, 2.24) is 9.80 Å². The molecule has 0 bridgehead atoms. The fraction of sp³-hybridized carbons (Fsp3) is 0.500. The molecule has 0 N–H and O–H groups in total. The van der Waals surface area contributed by atoms with Gasteiger partial charge in [-0.05, 0) is 62.5 Å². The summed E-state index contributed by atoms with van der Waals surface area (Å²) >= 11 is 5.87. The van der Waals surface area contributed by atoms with Gasteiger partial charge in [-0.1, -0.05) is 23.7 Å². The van der Waals surface area contributed by atoms with Crippen molar-refractivity contribution in [3.8, 4) is 0 Å². The van der Waals surface area contributed by atoms with Gasteiger partial charge in [-0.2, -0.15) is 0 Å². The molecule has 0 aliphatic carbocycles.